The Bertz CT molecular complexity index is 436. The molecule has 0 aliphatic heterocycles. The molecule has 0 unspecified atom stereocenters. The van der Waals surface area contributed by atoms with E-state index in [4.69, 9.17) is 0 Å². The van der Waals surface area contributed by atoms with Crippen LogP contribution in [0.3, 0.4) is 0 Å². The summed E-state index contributed by atoms with van der Waals surface area (Å²) < 4.78 is 2.06. The molecule has 0 saturated heterocycles. The number of rotatable bonds is 3. The highest BCUT2D eigenvalue weighted by molar-refractivity contribution is 7.15. The first kappa shape index (κ1) is 9.36. The van der Waals surface area contributed by atoms with Crippen LogP contribution in [-0.4, -0.2) is 21.1 Å². The van der Waals surface area contributed by atoms with Crippen molar-refractivity contribution in [2.75, 3.05) is 6.61 Å². The zero-order chi connectivity index (χ0) is 10.3. The van der Waals surface area contributed by atoms with Crippen molar-refractivity contribution in [3.8, 4) is 0 Å². The predicted molar refractivity (Wildman–Crippen MR) is 60.1 cm³/mol. The molecule has 1 saturated carbocycles. The summed E-state index contributed by atoms with van der Waals surface area (Å²) in [4.78, 5) is 5.61. The standard InChI is InChI=1S/C11H14N2OS/c14-8-11(2-1-3-11)6-9-7-13-4-5-15-10(13)12-9/h4-5,7,14H,1-3,6,8H2. The molecule has 0 bridgehead atoms. The van der Waals surface area contributed by atoms with E-state index in [2.05, 4.69) is 15.6 Å². The molecule has 2 aromatic heterocycles. The summed E-state index contributed by atoms with van der Waals surface area (Å²) in [5.74, 6) is 0. The first-order chi connectivity index (χ1) is 7.31. The number of aliphatic hydroxyl groups excluding tert-OH is 1. The van der Waals surface area contributed by atoms with Crippen LogP contribution in [0.1, 0.15) is 25.0 Å². The summed E-state index contributed by atoms with van der Waals surface area (Å²) in [6, 6.07) is 0. The van der Waals surface area contributed by atoms with Crippen LogP contribution in [0.25, 0.3) is 4.96 Å². The minimum Gasteiger partial charge on any atom is -0.396 e. The molecule has 0 aromatic carbocycles. The summed E-state index contributed by atoms with van der Waals surface area (Å²) in [5.41, 5.74) is 1.26. The van der Waals surface area contributed by atoms with Gasteiger partial charge in [0.05, 0.1) is 5.69 Å². The molecule has 2 heterocycles. The highest BCUT2D eigenvalue weighted by Crippen LogP contribution is 2.43. The Balaban J connectivity index is 1.85. The van der Waals surface area contributed by atoms with Crippen LogP contribution in [0.15, 0.2) is 17.8 Å². The second kappa shape index (κ2) is 3.32. The van der Waals surface area contributed by atoms with E-state index >= 15 is 0 Å². The van der Waals surface area contributed by atoms with Crippen molar-refractivity contribution in [3.05, 3.63) is 23.5 Å². The fourth-order valence-corrected chi connectivity index (χ4v) is 3.03. The molecular weight excluding hydrogens is 208 g/mol. The molecule has 1 aliphatic rings. The highest BCUT2D eigenvalue weighted by atomic mass is 32.1. The zero-order valence-electron chi connectivity index (χ0n) is 8.52. The van der Waals surface area contributed by atoms with Gasteiger partial charge in [-0.2, -0.15) is 0 Å². The van der Waals surface area contributed by atoms with Crippen LogP contribution in [0.5, 0.6) is 0 Å². The van der Waals surface area contributed by atoms with E-state index in [-0.39, 0.29) is 5.41 Å². The summed E-state index contributed by atoms with van der Waals surface area (Å²) >= 11 is 1.66. The zero-order valence-corrected chi connectivity index (χ0v) is 9.33. The van der Waals surface area contributed by atoms with Crippen LogP contribution in [0.4, 0.5) is 0 Å². The van der Waals surface area contributed by atoms with Gasteiger partial charge >= 0.3 is 0 Å². The molecule has 1 N–H and O–H groups in total. The molecule has 15 heavy (non-hydrogen) atoms. The van der Waals surface area contributed by atoms with Crippen molar-refractivity contribution in [1.82, 2.24) is 9.38 Å². The molecule has 1 aliphatic carbocycles. The number of fused-ring (bicyclic) bond motifs is 1. The van der Waals surface area contributed by atoms with Crippen molar-refractivity contribution in [2.24, 2.45) is 5.41 Å². The Morgan fingerprint density at radius 3 is 3.00 bits per heavy atom. The fourth-order valence-electron chi connectivity index (χ4n) is 2.31. The minimum atomic E-state index is 0.143. The lowest BCUT2D eigenvalue weighted by Crippen LogP contribution is -2.35. The topological polar surface area (TPSA) is 37.5 Å². The normalized spacial score (nSPS) is 19.3. The molecular formula is C11H14N2OS. The maximum absolute atomic E-state index is 9.39. The third kappa shape index (κ3) is 1.48. The summed E-state index contributed by atoms with van der Waals surface area (Å²) in [5, 5.41) is 11.4. The van der Waals surface area contributed by atoms with Gasteiger partial charge in [-0.15, -0.1) is 11.3 Å². The van der Waals surface area contributed by atoms with Gasteiger partial charge in [0, 0.05) is 24.4 Å². The molecule has 0 amide bonds. The van der Waals surface area contributed by atoms with Crippen LogP contribution in [0.2, 0.25) is 0 Å². The van der Waals surface area contributed by atoms with E-state index in [1.165, 1.54) is 6.42 Å². The van der Waals surface area contributed by atoms with E-state index < -0.39 is 0 Å². The lowest BCUT2D eigenvalue weighted by Gasteiger charge is -2.39. The largest absolute Gasteiger partial charge is 0.396 e. The van der Waals surface area contributed by atoms with Crippen molar-refractivity contribution in [2.45, 2.75) is 25.7 Å². The molecule has 3 rings (SSSR count). The number of thiazole rings is 1. The maximum atomic E-state index is 9.39. The maximum Gasteiger partial charge on any atom is 0.193 e. The quantitative estimate of drug-likeness (QED) is 0.863. The molecule has 1 fully saturated rings. The van der Waals surface area contributed by atoms with Gasteiger partial charge < -0.3 is 5.11 Å². The molecule has 0 spiro atoms. The lowest BCUT2D eigenvalue weighted by atomic mass is 9.67. The van der Waals surface area contributed by atoms with Crippen molar-refractivity contribution < 1.29 is 5.11 Å². The Hall–Kier alpha value is -0.870. The number of hydrogen-bond acceptors (Lipinski definition) is 3. The number of aliphatic hydroxyl groups is 1. The minimum absolute atomic E-state index is 0.143. The summed E-state index contributed by atoms with van der Waals surface area (Å²) in [6.45, 7) is 0.304. The van der Waals surface area contributed by atoms with Crippen molar-refractivity contribution >= 4 is 16.3 Å². The molecule has 0 radical (unpaired) electrons. The van der Waals surface area contributed by atoms with Crippen molar-refractivity contribution in [1.29, 1.82) is 0 Å². The number of imidazole rings is 1. The first-order valence-electron chi connectivity index (χ1n) is 5.33. The summed E-state index contributed by atoms with van der Waals surface area (Å²) in [6.07, 6.45) is 8.59. The Kier molecular flexibility index (Phi) is 2.07. The van der Waals surface area contributed by atoms with E-state index in [9.17, 15) is 5.11 Å². The second-order valence-corrected chi connectivity index (χ2v) is 5.39. The van der Waals surface area contributed by atoms with E-state index in [0.29, 0.717) is 6.61 Å². The molecule has 4 heteroatoms. The van der Waals surface area contributed by atoms with Crippen LogP contribution in [-0.2, 0) is 6.42 Å². The van der Waals surface area contributed by atoms with E-state index in [1.54, 1.807) is 11.3 Å². The van der Waals surface area contributed by atoms with Gasteiger partial charge in [-0.3, -0.25) is 4.40 Å². The molecule has 0 atom stereocenters. The first-order valence-corrected chi connectivity index (χ1v) is 6.21. The van der Waals surface area contributed by atoms with E-state index in [0.717, 1.165) is 29.9 Å². The third-order valence-corrected chi connectivity index (χ3v) is 4.22. The van der Waals surface area contributed by atoms with Crippen molar-refractivity contribution in [3.63, 3.8) is 0 Å². The summed E-state index contributed by atoms with van der Waals surface area (Å²) in [7, 11) is 0. The predicted octanol–water partition coefficient (Wildman–Crippen LogP) is 2.10. The van der Waals surface area contributed by atoms with Crippen LogP contribution in [0, 0.1) is 5.41 Å². The number of nitrogens with zero attached hydrogens (tertiary/aromatic N) is 2. The highest BCUT2D eigenvalue weighted by Gasteiger charge is 2.36. The van der Waals surface area contributed by atoms with Gasteiger partial charge in [0.1, 0.15) is 0 Å². The lowest BCUT2D eigenvalue weighted by molar-refractivity contribution is 0.0442. The van der Waals surface area contributed by atoms with Gasteiger partial charge in [0.25, 0.3) is 0 Å². The van der Waals surface area contributed by atoms with Gasteiger partial charge in [-0.1, -0.05) is 6.42 Å². The van der Waals surface area contributed by atoms with Crippen LogP contribution < -0.4 is 0 Å². The van der Waals surface area contributed by atoms with Gasteiger partial charge in [0.15, 0.2) is 4.96 Å². The monoisotopic (exact) mass is 222 g/mol. The number of aromatic nitrogens is 2. The SMILES string of the molecule is OCC1(Cc2cn3ccsc3n2)CCC1. The molecule has 2 aromatic rings. The Morgan fingerprint density at radius 1 is 1.53 bits per heavy atom. The molecule has 80 valence electrons. The Labute approximate surface area is 92.4 Å². The average Bonchev–Trinajstić information content (AvgIpc) is 2.70. The smallest absolute Gasteiger partial charge is 0.193 e. The van der Waals surface area contributed by atoms with Gasteiger partial charge in [-0.05, 0) is 24.7 Å². The van der Waals surface area contributed by atoms with Crippen LogP contribution >= 0.6 is 11.3 Å². The fraction of sp³-hybridized carbons (Fsp3) is 0.545. The average molecular weight is 222 g/mol. The molecule has 3 nitrogen and oxygen atoms in total. The third-order valence-electron chi connectivity index (χ3n) is 3.45. The van der Waals surface area contributed by atoms with E-state index in [1.807, 2.05) is 11.6 Å². The second-order valence-electron chi connectivity index (χ2n) is 4.51. The van der Waals surface area contributed by atoms with Gasteiger partial charge in [0.2, 0.25) is 0 Å². The Morgan fingerprint density at radius 2 is 2.40 bits per heavy atom. The number of hydrogen-bond donors (Lipinski definition) is 1. The van der Waals surface area contributed by atoms with Gasteiger partial charge in [-0.25, -0.2) is 4.98 Å².